The lowest BCUT2D eigenvalue weighted by atomic mass is 10.1. The van der Waals surface area contributed by atoms with E-state index < -0.39 is 6.04 Å². The summed E-state index contributed by atoms with van der Waals surface area (Å²) in [5, 5.41) is 2.76. The van der Waals surface area contributed by atoms with Gasteiger partial charge in [0.15, 0.2) is 0 Å². The van der Waals surface area contributed by atoms with Gasteiger partial charge in [0.1, 0.15) is 5.75 Å². The van der Waals surface area contributed by atoms with Crippen molar-refractivity contribution >= 4 is 5.91 Å². The molecular formula is C12H18N2O2. The third kappa shape index (κ3) is 3.55. The summed E-state index contributed by atoms with van der Waals surface area (Å²) in [5.74, 6) is 0.715. The van der Waals surface area contributed by atoms with Crippen LogP contribution in [0.1, 0.15) is 12.5 Å². The Labute approximate surface area is 95.8 Å². The molecule has 0 aromatic heterocycles. The topological polar surface area (TPSA) is 64.3 Å². The van der Waals surface area contributed by atoms with E-state index in [1.165, 1.54) is 0 Å². The number of nitrogens with one attached hydrogen (secondary N) is 1. The van der Waals surface area contributed by atoms with Crippen LogP contribution >= 0.6 is 0 Å². The number of ether oxygens (including phenoxy) is 1. The van der Waals surface area contributed by atoms with Gasteiger partial charge in [-0.25, -0.2) is 0 Å². The molecule has 1 aromatic rings. The fraction of sp³-hybridized carbons (Fsp3) is 0.417. The summed E-state index contributed by atoms with van der Waals surface area (Å²) in [6.07, 6.45) is 0.739. The minimum absolute atomic E-state index is 0.130. The molecule has 4 nitrogen and oxygen atoms in total. The minimum atomic E-state index is -0.460. The Morgan fingerprint density at radius 1 is 1.50 bits per heavy atom. The quantitative estimate of drug-likeness (QED) is 0.771. The van der Waals surface area contributed by atoms with E-state index in [1.807, 2.05) is 24.3 Å². The number of benzene rings is 1. The first-order valence-electron chi connectivity index (χ1n) is 5.30. The molecule has 0 saturated heterocycles. The van der Waals surface area contributed by atoms with E-state index in [1.54, 1.807) is 14.0 Å². The summed E-state index contributed by atoms with van der Waals surface area (Å²) in [6.45, 7) is 2.24. The van der Waals surface area contributed by atoms with Gasteiger partial charge in [-0.05, 0) is 25.0 Å². The second kappa shape index (κ2) is 6.12. The molecule has 0 aliphatic rings. The Morgan fingerprint density at radius 2 is 2.19 bits per heavy atom. The number of carbonyl (C=O) groups is 1. The monoisotopic (exact) mass is 222 g/mol. The van der Waals surface area contributed by atoms with Gasteiger partial charge in [-0.3, -0.25) is 4.79 Å². The average molecular weight is 222 g/mol. The molecule has 0 saturated carbocycles. The molecule has 1 atom stereocenters. The number of rotatable bonds is 5. The van der Waals surface area contributed by atoms with Crippen molar-refractivity contribution in [2.24, 2.45) is 5.73 Å². The zero-order valence-corrected chi connectivity index (χ0v) is 9.69. The zero-order valence-electron chi connectivity index (χ0n) is 9.69. The van der Waals surface area contributed by atoms with Crippen molar-refractivity contribution in [1.29, 1.82) is 0 Å². The van der Waals surface area contributed by atoms with E-state index in [0.717, 1.165) is 17.7 Å². The van der Waals surface area contributed by atoms with Crippen molar-refractivity contribution < 1.29 is 9.53 Å². The largest absolute Gasteiger partial charge is 0.496 e. The highest BCUT2D eigenvalue weighted by Gasteiger charge is 2.06. The average Bonchev–Trinajstić information content (AvgIpc) is 2.29. The summed E-state index contributed by atoms with van der Waals surface area (Å²) < 4.78 is 5.21. The SMILES string of the molecule is COc1ccccc1CCNC(=O)C(C)N. The lowest BCUT2D eigenvalue weighted by Gasteiger charge is -2.10. The Morgan fingerprint density at radius 3 is 2.81 bits per heavy atom. The van der Waals surface area contributed by atoms with Crippen molar-refractivity contribution in [2.75, 3.05) is 13.7 Å². The van der Waals surface area contributed by atoms with Gasteiger partial charge in [0.05, 0.1) is 13.2 Å². The third-order valence-electron chi connectivity index (χ3n) is 2.30. The second-order valence-electron chi connectivity index (χ2n) is 3.64. The van der Waals surface area contributed by atoms with Crippen LogP contribution in [0.4, 0.5) is 0 Å². The number of amides is 1. The van der Waals surface area contributed by atoms with Gasteiger partial charge in [-0.15, -0.1) is 0 Å². The first-order chi connectivity index (χ1) is 7.65. The number of hydrogen-bond donors (Lipinski definition) is 2. The van der Waals surface area contributed by atoms with Gasteiger partial charge in [-0.2, -0.15) is 0 Å². The van der Waals surface area contributed by atoms with Crippen LogP contribution in [0.25, 0.3) is 0 Å². The Hall–Kier alpha value is -1.55. The number of nitrogens with two attached hydrogens (primary N) is 1. The van der Waals surface area contributed by atoms with Crippen LogP contribution in [-0.4, -0.2) is 25.6 Å². The summed E-state index contributed by atoms with van der Waals surface area (Å²) in [7, 11) is 1.64. The van der Waals surface area contributed by atoms with Crippen LogP contribution < -0.4 is 15.8 Å². The van der Waals surface area contributed by atoms with Crippen LogP contribution in [-0.2, 0) is 11.2 Å². The van der Waals surface area contributed by atoms with Gasteiger partial charge in [0.2, 0.25) is 5.91 Å². The highest BCUT2D eigenvalue weighted by molar-refractivity contribution is 5.80. The molecule has 0 aliphatic heterocycles. The van der Waals surface area contributed by atoms with Crippen molar-refractivity contribution in [3.05, 3.63) is 29.8 Å². The second-order valence-corrected chi connectivity index (χ2v) is 3.64. The molecule has 16 heavy (non-hydrogen) atoms. The maximum Gasteiger partial charge on any atom is 0.236 e. The standard InChI is InChI=1S/C12H18N2O2/c1-9(13)12(15)14-8-7-10-5-3-4-6-11(10)16-2/h3-6,9H,7-8,13H2,1-2H3,(H,14,15). The lowest BCUT2D eigenvalue weighted by molar-refractivity contribution is -0.121. The van der Waals surface area contributed by atoms with Gasteiger partial charge in [0, 0.05) is 6.54 Å². The van der Waals surface area contributed by atoms with Crippen LogP contribution in [0.5, 0.6) is 5.75 Å². The molecule has 1 amide bonds. The Balaban J connectivity index is 2.45. The van der Waals surface area contributed by atoms with Crippen LogP contribution in [0.2, 0.25) is 0 Å². The molecular weight excluding hydrogens is 204 g/mol. The zero-order chi connectivity index (χ0) is 12.0. The lowest BCUT2D eigenvalue weighted by Crippen LogP contribution is -2.39. The fourth-order valence-electron chi connectivity index (χ4n) is 1.39. The molecule has 88 valence electrons. The maximum atomic E-state index is 11.2. The molecule has 3 N–H and O–H groups in total. The number of methoxy groups -OCH3 is 1. The number of carbonyl (C=O) groups excluding carboxylic acids is 1. The van der Waals surface area contributed by atoms with Gasteiger partial charge in [-0.1, -0.05) is 18.2 Å². The van der Waals surface area contributed by atoms with E-state index in [2.05, 4.69) is 5.32 Å². The predicted molar refractivity (Wildman–Crippen MR) is 63.4 cm³/mol. The molecule has 4 heteroatoms. The van der Waals surface area contributed by atoms with Crippen molar-refractivity contribution in [3.8, 4) is 5.75 Å². The minimum Gasteiger partial charge on any atom is -0.496 e. The molecule has 1 aromatic carbocycles. The molecule has 0 spiro atoms. The van der Waals surface area contributed by atoms with E-state index >= 15 is 0 Å². The first kappa shape index (κ1) is 12.5. The molecule has 0 bridgehead atoms. The molecule has 0 radical (unpaired) electrons. The molecule has 1 rings (SSSR count). The predicted octanol–water partition coefficient (Wildman–Crippen LogP) is 0.701. The van der Waals surface area contributed by atoms with Crippen LogP contribution in [0.15, 0.2) is 24.3 Å². The van der Waals surface area contributed by atoms with Crippen molar-refractivity contribution in [3.63, 3.8) is 0 Å². The smallest absolute Gasteiger partial charge is 0.236 e. The molecule has 0 fully saturated rings. The number of para-hydroxylation sites is 1. The van der Waals surface area contributed by atoms with E-state index in [9.17, 15) is 4.79 Å². The van der Waals surface area contributed by atoms with E-state index in [-0.39, 0.29) is 5.91 Å². The van der Waals surface area contributed by atoms with Crippen LogP contribution in [0.3, 0.4) is 0 Å². The number of hydrogen-bond acceptors (Lipinski definition) is 3. The van der Waals surface area contributed by atoms with E-state index in [4.69, 9.17) is 10.5 Å². The molecule has 1 unspecified atom stereocenters. The van der Waals surface area contributed by atoms with E-state index in [0.29, 0.717) is 6.54 Å². The Bertz CT molecular complexity index is 351. The van der Waals surface area contributed by atoms with Gasteiger partial charge >= 0.3 is 0 Å². The van der Waals surface area contributed by atoms with Crippen molar-refractivity contribution in [2.45, 2.75) is 19.4 Å². The van der Waals surface area contributed by atoms with Gasteiger partial charge < -0.3 is 15.8 Å². The Kier molecular flexibility index (Phi) is 4.79. The summed E-state index contributed by atoms with van der Waals surface area (Å²) in [4.78, 5) is 11.2. The fourth-order valence-corrected chi connectivity index (χ4v) is 1.39. The summed E-state index contributed by atoms with van der Waals surface area (Å²) in [6, 6.07) is 7.30. The molecule has 0 aliphatic carbocycles. The third-order valence-corrected chi connectivity index (χ3v) is 2.30. The maximum absolute atomic E-state index is 11.2. The first-order valence-corrected chi connectivity index (χ1v) is 5.30. The normalized spacial score (nSPS) is 11.9. The highest BCUT2D eigenvalue weighted by atomic mass is 16.5. The van der Waals surface area contributed by atoms with Crippen molar-refractivity contribution in [1.82, 2.24) is 5.32 Å². The van der Waals surface area contributed by atoms with Gasteiger partial charge in [0.25, 0.3) is 0 Å². The van der Waals surface area contributed by atoms with Crippen LogP contribution in [0, 0.1) is 0 Å². The summed E-state index contributed by atoms with van der Waals surface area (Å²) >= 11 is 0. The summed E-state index contributed by atoms with van der Waals surface area (Å²) in [5.41, 5.74) is 6.51. The molecule has 0 heterocycles. The highest BCUT2D eigenvalue weighted by Crippen LogP contribution is 2.17.